The average molecular weight is 547 g/mol. The Hall–Kier alpha value is -2.78. The normalized spacial score (nSPS) is 15.6. The van der Waals surface area contributed by atoms with Crippen molar-refractivity contribution in [3.8, 4) is 11.5 Å². The van der Waals surface area contributed by atoms with Gasteiger partial charge < -0.3 is 14.8 Å². The van der Waals surface area contributed by atoms with Crippen LogP contribution in [0.5, 0.6) is 11.5 Å². The maximum absolute atomic E-state index is 12.8. The summed E-state index contributed by atoms with van der Waals surface area (Å²) >= 11 is 4.42. The zero-order valence-corrected chi connectivity index (χ0v) is 21.9. The summed E-state index contributed by atoms with van der Waals surface area (Å²) in [5.74, 6) is 0.214. The number of hydrogen-bond acceptors (Lipinski definition) is 6. The van der Waals surface area contributed by atoms with Crippen LogP contribution in [0.4, 0.5) is 10.5 Å². The number of nitrogens with one attached hydrogen (secondary N) is 1. The first-order valence-electron chi connectivity index (χ1n) is 11.0. The smallest absolute Gasteiger partial charge is 0.293 e. The highest BCUT2D eigenvalue weighted by Gasteiger charge is 2.37. The molecule has 1 N–H and O–H groups in total. The number of thioether (sulfide) groups is 1. The summed E-state index contributed by atoms with van der Waals surface area (Å²) in [5, 5.41) is 2.52. The van der Waals surface area contributed by atoms with Gasteiger partial charge in [0.25, 0.3) is 17.1 Å². The molecule has 1 saturated heterocycles. The van der Waals surface area contributed by atoms with Crippen molar-refractivity contribution >= 4 is 56.5 Å². The summed E-state index contributed by atoms with van der Waals surface area (Å²) in [6.45, 7) is 7.78. The first-order chi connectivity index (χ1) is 16.2. The van der Waals surface area contributed by atoms with E-state index in [2.05, 4.69) is 21.2 Å². The summed E-state index contributed by atoms with van der Waals surface area (Å²) in [7, 11) is 0. The Balaban J connectivity index is 1.77. The molecule has 7 nitrogen and oxygen atoms in total. The fourth-order valence-corrected chi connectivity index (χ4v) is 4.56. The number of amides is 3. The lowest BCUT2D eigenvalue weighted by molar-refractivity contribution is -0.124. The van der Waals surface area contributed by atoms with E-state index in [4.69, 9.17) is 9.47 Å². The Bertz CT molecular complexity index is 1120. The topological polar surface area (TPSA) is 84.9 Å². The molecular formula is C25H27BrN2O5S. The van der Waals surface area contributed by atoms with Crippen LogP contribution in [0.3, 0.4) is 0 Å². The zero-order chi connectivity index (χ0) is 24.8. The second-order valence-corrected chi connectivity index (χ2v) is 9.61. The number of carbonyl (C=O) groups excluding carboxylic acids is 3. The van der Waals surface area contributed by atoms with Crippen LogP contribution in [-0.2, 0) is 9.59 Å². The fourth-order valence-electron chi connectivity index (χ4n) is 3.20. The minimum absolute atomic E-state index is 0.164. The van der Waals surface area contributed by atoms with Crippen molar-refractivity contribution in [2.75, 3.05) is 18.5 Å². The summed E-state index contributed by atoms with van der Waals surface area (Å²) in [6.07, 6.45) is 2.35. The SMILES string of the molecule is CCOc1cc(/C=C2/SC(=O)N([C@@H](C)CC)C2=O)c(Br)cc1OCC(=O)Nc1ccc(C)cc1. The standard InChI is InChI=1S/C25H27BrN2O5S/c1-5-16(4)28-24(30)22(34-25(28)31)12-17-11-20(32-6-2)21(13-19(17)26)33-14-23(29)27-18-9-7-15(3)8-10-18/h7-13,16H,5-6,14H2,1-4H3,(H,27,29)/b22-12+/t16-/m0/s1. The molecule has 2 aromatic carbocycles. The highest BCUT2D eigenvalue weighted by atomic mass is 79.9. The van der Waals surface area contributed by atoms with Crippen LogP contribution in [0.1, 0.15) is 38.3 Å². The molecule has 1 heterocycles. The highest BCUT2D eigenvalue weighted by molar-refractivity contribution is 9.10. The van der Waals surface area contributed by atoms with Gasteiger partial charge in [-0.2, -0.15) is 0 Å². The minimum Gasteiger partial charge on any atom is -0.490 e. The van der Waals surface area contributed by atoms with E-state index in [1.165, 1.54) is 4.90 Å². The van der Waals surface area contributed by atoms with Crippen LogP contribution in [-0.4, -0.2) is 41.2 Å². The molecule has 0 radical (unpaired) electrons. The van der Waals surface area contributed by atoms with Crippen LogP contribution in [0.25, 0.3) is 6.08 Å². The number of carbonyl (C=O) groups is 3. The van der Waals surface area contributed by atoms with Crippen molar-refractivity contribution in [1.82, 2.24) is 4.90 Å². The molecule has 34 heavy (non-hydrogen) atoms. The predicted octanol–water partition coefficient (Wildman–Crippen LogP) is 6.01. The van der Waals surface area contributed by atoms with Gasteiger partial charge in [0.05, 0.1) is 11.5 Å². The summed E-state index contributed by atoms with van der Waals surface area (Å²) in [4.78, 5) is 39.0. The van der Waals surface area contributed by atoms with E-state index in [-0.39, 0.29) is 29.7 Å². The maximum Gasteiger partial charge on any atom is 0.293 e. The first-order valence-corrected chi connectivity index (χ1v) is 12.6. The fraction of sp³-hybridized carbons (Fsp3) is 0.320. The van der Waals surface area contributed by atoms with E-state index in [1.54, 1.807) is 18.2 Å². The largest absolute Gasteiger partial charge is 0.490 e. The molecule has 1 aliphatic rings. The number of nitrogens with zero attached hydrogens (tertiary/aromatic N) is 1. The molecule has 3 amide bonds. The van der Waals surface area contributed by atoms with E-state index < -0.39 is 0 Å². The second-order valence-electron chi connectivity index (χ2n) is 7.77. The molecule has 9 heteroatoms. The maximum atomic E-state index is 12.8. The van der Waals surface area contributed by atoms with Crippen molar-refractivity contribution in [3.63, 3.8) is 0 Å². The zero-order valence-electron chi connectivity index (χ0n) is 19.5. The van der Waals surface area contributed by atoms with E-state index in [0.717, 1.165) is 17.3 Å². The van der Waals surface area contributed by atoms with Crippen LogP contribution < -0.4 is 14.8 Å². The van der Waals surface area contributed by atoms with Crippen molar-refractivity contribution in [2.24, 2.45) is 0 Å². The molecule has 0 spiro atoms. The predicted molar refractivity (Wildman–Crippen MR) is 138 cm³/mol. The van der Waals surface area contributed by atoms with Gasteiger partial charge in [0.1, 0.15) is 0 Å². The summed E-state index contributed by atoms with van der Waals surface area (Å²) in [6, 6.07) is 10.7. The minimum atomic E-state index is -0.303. The van der Waals surface area contributed by atoms with E-state index >= 15 is 0 Å². The highest BCUT2D eigenvalue weighted by Crippen LogP contribution is 2.39. The van der Waals surface area contributed by atoms with Gasteiger partial charge in [0, 0.05) is 16.2 Å². The molecule has 0 saturated carbocycles. The number of hydrogen-bond donors (Lipinski definition) is 1. The van der Waals surface area contributed by atoms with Crippen molar-refractivity contribution in [3.05, 3.63) is 56.9 Å². The number of ether oxygens (including phenoxy) is 2. The summed E-state index contributed by atoms with van der Waals surface area (Å²) < 4.78 is 12.1. The molecule has 0 aromatic heterocycles. The van der Waals surface area contributed by atoms with Gasteiger partial charge in [-0.3, -0.25) is 19.3 Å². The molecular weight excluding hydrogens is 520 g/mol. The van der Waals surface area contributed by atoms with Crippen LogP contribution in [0.2, 0.25) is 0 Å². The van der Waals surface area contributed by atoms with E-state index in [9.17, 15) is 14.4 Å². The van der Waals surface area contributed by atoms with Crippen LogP contribution in [0.15, 0.2) is 45.8 Å². The van der Waals surface area contributed by atoms with Crippen molar-refractivity contribution in [1.29, 1.82) is 0 Å². The third kappa shape index (κ3) is 6.21. The number of halogens is 1. The lowest BCUT2D eigenvalue weighted by atomic mass is 10.1. The quantitative estimate of drug-likeness (QED) is 0.387. The Morgan fingerprint density at radius 3 is 2.47 bits per heavy atom. The molecule has 2 aromatic rings. The number of aryl methyl sites for hydroxylation is 1. The third-order valence-electron chi connectivity index (χ3n) is 5.20. The third-order valence-corrected chi connectivity index (χ3v) is 6.77. The van der Waals surface area contributed by atoms with Crippen LogP contribution >= 0.6 is 27.7 Å². The number of benzene rings is 2. The van der Waals surface area contributed by atoms with Crippen LogP contribution in [0, 0.1) is 6.92 Å². The molecule has 0 aliphatic carbocycles. The van der Waals surface area contributed by atoms with Crippen molar-refractivity contribution < 1.29 is 23.9 Å². The second kappa shape index (κ2) is 11.6. The molecule has 1 atom stereocenters. The summed E-state index contributed by atoms with van der Waals surface area (Å²) in [5.41, 5.74) is 2.45. The molecule has 180 valence electrons. The Labute approximate surface area is 212 Å². The number of anilines is 1. The molecule has 3 rings (SSSR count). The molecule has 1 aliphatic heterocycles. The monoisotopic (exact) mass is 546 g/mol. The van der Waals surface area contributed by atoms with Gasteiger partial charge in [0.2, 0.25) is 0 Å². The molecule has 0 unspecified atom stereocenters. The average Bonchev–Trinajstić information content (AvgIpc) is 3.08. The number of imide groups is 1. The van der Waals surface area contributed by atoms with Gasteiger partial charge in [-0.1, -0.05) is 40.5 Å². The Morgan fingerprint density at radius 2 is 1.82 bits per heavy atom. The molecule has 0 bridgehead atoms. The van der Waals surface area contributed by atoms with E-state index in [0.29, 0.717) is 45.2 Å². The number of rotatable bonds is 9. The Kier molecular flexibility index (Phi) is 8.79. The molecule has 1 fully saturated rings. The van der Waals surface area contributed by atoms with Gasteiger partial charge in [0.15, 0.2) is 18.1 Å². The van der Waals surface area contributed by atoms with Gasteiger partial charge in [-0.05, 0) is 74.9 Å². The first kappa shape index (κ1) is 25.8. The lowest BCUT2D eigenvalue weighted by Gasteiger charge is -2.19. The lowest BCUT2D eigenvalue weighted by Crippen LogP contribution is -2.36. The van der Waals surface area contributed by atoms with E-state index in [1.807, 2.05) is 52.0 Å². The van der Waals surface area contributed by atoms with Gasteiger partial charge in [-0.25, -0.2) is 0 Å². The van der Waals surface area contributed by atoms with Crippen molar-refractivity contribution in [2.45, 2.75) is 40.2 Å². The Morgan fingerprint density at radius 1 is 1.15 bits per heavy atom. The van der Waals surface area contributed by atoms with Gasteiger partial charge >= 0.3 is 0 Å². The van der Waals surface area contributed by atoms with Gasteiger partial charge in [-0.15, -0.1) is 0 Å².